The molecule has 5 nitrogen and oxygen atoms in total. The molecular weight excluding hydrogens is 264 g/mol. The normalized spacial score (nSPS) is 16.2. The highest BCUT2D eigenvalue weighted by Gasteiger charge is 2.31. The maximum atomic E-state index is 11.4. The number of fused-ring (bicyclic) bond motifs is 3. The third-order valence-corrected chi connectivity index (χ3v) is 4.37. The second kappa shape index (κ2) is 3.79. The highest BCUT2D eigenvalue weighted by molar-refractivity contribution is 7.90. The minimum atomic E-state index is -4.23. The first-order valence-corrected chi connectivity index (χ1v) is 7.18. The largest absolute Gasteiger partial charge is 0.290 e. The summed E-state index contributed by atoms with van der Waals surface area (Å²) >= 11 is 0. The van der Waals surface area contributed by atoms with Crippen molar-refractivity contribution in [1.29, 1.82) is 0 Å². The van der Waals surface area contributed by atoms with Gasteiger partial charge in [0, 0.05) is 22.4 Å². The van der Waals surface area contributed by atoms with Crippen LogP contribution in [0.15, 0.2) is 29.2 Å². The lowest BCUT2D eigenvalue weighted by molar-refractivity contribution is 0.491. The summed E-state index contributed by atoms with van der Waals surface area (Å²) in [6, 6.07) is 7.43. The number of aromatic amines is 1. The maximum absolute atomic E-state index is 11.4. The van der Waals surface area contributed by atoms with Crippen LogP contribution in [0.1, 0.15) is 23.7 Å². The van der Waals surface area contributed by atoms with Crippen LogP contribution in [0.5, 0.6) is 0 Å². The van der Waals surface area contributed by atoms with Gasteiger partial charge in [0.15, 0.2) is 0 Å². The first kappa shape index (κ1) is 12.1. The van der Waals surface area contributed by atoms with Crippen LogP contribution in [0.25, 0.3) is 16.8 Å². The predicted molar refractivity (Wildman–Crippen MR) is 72.0 cm³/mol. The highest BCUT2D eigenvalue weighted by Crippen LogP contribution is 2.46. The Labute approximate surface area is 110 Å². The van der Waals surface area contributed by atoms with E-state index in [4.69, 9.17) is 0 Å². The third kappa shape index (κ3) is 1.64. The predicted octanol–water partition coefficient (Wildman–Crippen LogP) is 2.37. The number of allylic oxidation sites excluding steroid dienone is 1. The van der Waals surface area contributed by atoms with Crippen LogP contribution in [0.4, 0.5) is 0 Å². The summed E-state index contributed by atoms with van der Waals surface area (Å²) < 4.78 is 32.2. The van der Waals surface area contributed by atoms with Gasteiger partial charge in [0.05, 0.1) is 4.91 Å². The molecule has 0 bridgehead atoms. The number of nitrogens with one attached hydrogen (secondary N) is 1. The zero-order valence-corrected chi connectivity index (χ0v) is 11.2. The average Bonchev–Trinajstić information content (AvgIpc) is 2.86. The summed E-state index contributed by atoms with van der Waals surface area (Å²) in [5, 5.41) is 7.07. The van der Waals surface area contributed by atoms with E-state index in [1.54, 1.807) is 0 Å². The van der Waals surface area contributed by atoms with Gasteiger partial charge in [-0.1, -0.05) is 24.3 Å². The summed E-state index contributed by atoms with van der Waals surface area (Å²) in [7, 11) is -4.23. The molecule has 0 unspecified atom stereocenters. The van der Waals surface area contributed by atoms with Crippen LogP contribution < -0.4 is 0 Å². The number of aryl methyl sites for hydroxylation is 1. The summed E-state index contributed by atoms with van der Waals surface area (Å²) in [5.41, 5.74) is 4.44. The third-order valence-electron chi connectivity index (χ3n) is 3.39. The van der Waals surface area contributed by atoms with Gasteiger partial charge >= 0.3 is 0 Å². The highest BCUT2D eigenvalue weighted by atomic mass is 32.2. The molecule has 1 aliphatic carbocycles. The summed E-state index contributed by atoms with van der Waals surface area (Å²) in [5.74, 6) is 0. The Morgan fingerprint density at radius 2 is 1.89 bits per heavy atom. The topological polar surface area (TPSA) is 83.0 Å². The van der Waals surface area contributed by atoms with Crippen molar-refractivity contribution in [1.82, 2.24) is 10.2 Å². The van der Waals surface area contributed by atoms with Crippen molar-refractivity contribution >= 4 is 15.7 Å². The SMILES string of the molecule is C/C(=C1/c2ccccc2-c2n[nH]c(C)c21)S(=O)(=O)O. The van der Waals surface area contributed by atoms with Crippen molar-refractivity contribution in [3.8, 4) is 11.3 Å². The number of aromatic nitrogens is 2. The molecule has 0 amide bonds. The number of hydrogen-bond donors (Lipinski definition) is 2. The molecule has 1 aliphatic rings. The second-order valence-electron chi connectivity index (χ2n) is 4.52. The van der Waals surface area contributed by atoms with Crippen molar-refractivity contribution in [2.45, 2.75) is 13.8 Å². The zero-order chi connectivity index (χ0) is 13.8. The summed E-state index contributed by atoms with van der Waals surface area (Å²) in [6.45, 7) is 3.23. The molecule has 1 heterocycles. The van der Waals surface area contributed by atoms with Gasteiger partial charge in [-0.25, -0.2) is 0 Å². The lowest BCUT2D eigenvalue weighted by atomic mass is 10.0. The van der Waals surface area contributed by atoms with Crippen LogP contribution in [0, 0.1) is 6.92 Å². The van der Waals surface area contributed by atoms with Crippen LogP contribution >= 0.6 is 0 Å². The van der Waals surface area contributed by atoms with Gasteiger partial charge in [-0.15, -0.1) is 0 Å². The minimum Gasteiger partial charge on any atom is -0.282 e. The molecule has 0 radical (unpaired) electrons. The van der Waals surface area contributed by atoms with Gasteiger partial charge in [0.25, 0.3) is 10.1 Å². The van der Waals surface area contributed by atoms with Crippen LogP contribution in [-0.4, -0.2) is 23.2 Å². The molecule has 1 aromatic heterocycles. The molecule has 0 saturated heterocycles. The second-order valence-corrected chi connectivity index (χ2v) is 6.09. The van der Waals surface area contributed by atoms with Crippen molar-refractivity contribution in [2.24, 2.45) is 0 Å². The Kier molecular flexibility index (Phi) is 2.42. The van der Waals surface area contributed by atoms with Crippen molar-refractivity contribution in [3.63, 3.8) is 0 Å². The first-order chi connectivity index (χ1) is 8.91. The molecule has 0 saturated carbocycles. The van der Waals surface area contributed by atoms with Gasteiger partial charge in [-0.3, -0.25) is 9.65 Å². The molecule has 0 spiro atoms. The van der Waals surface area contributed by atoms with Gasteiger partial charge in [-0.2, -0.15) is 13.5 Å². The summed E-state index contributed by atoms with van der Waals surface area (Å²) in [6.07, 6.45) is 0. The maximum Gasteiger partial charge on any atom is 0.290 e. The van der Waals surface area contributed by atoms with E-state index in [2.05, 4.69) is 10.2 Å². The van der Waals surface area contributed by atoms with Gasteiger partial charge < -0.3 is 0 Å². The Bertz CT molecular complexity index is 816. The van der Waals surface area contributed by atoms with Crippen LogP contribution in [0.2, 0.25) is 0 Å². The summed E-state index contributed by atoms with van der Waals surface area (Å²) in [4.78, 5) is -0.0526. The Morgan fingerprint density at radius 3 is 2.53 bits per heavy atom. The Morgan fingerprint density at radius 1 is 1.26 bits per heavy atom. The minimum absolute atomic E-state index is 0.0526. The van der Waals surface area contributed by atoms with E-state index in [1.165, 1.54) is 6.92 Å². The fraction of sp³-hybridized carbons (Fsp3) is 0.154. The molecule has 0 aliphatic heterocycles. The molecule has 2 aromatic rings. The van der Waals surface area contributed by atoms with E-state index in [0.29, 0.717) is 5.57 Å². The molecule has 19 heavy (non-hydrogen) atoms. The number of hydrogen-bond acceptors (Lipinski definition) is 3. The van der Waals surface area contributed by atoms with Gasteiger partial charge in [0.1, 0.15) is 5.69 Å². The average molecular weight is 276 g/mol. The van der Waals surface area contributed by atoms with E-state index in [1.807, 2.05) is 31.2 Å². The van der Waals surface area contributed by atoms with E-state index in [0.717, 1.165) is 28.1 Å². The standard InChI is InChI=1S/C13H12N2O3S/c1-7-11-12(8(2)19(16,17)18)9-5-3-4-6-10(9)13(11)15-14-7/h3-6H,1-2H3,(H,14,15)(H,16,17,18)/b12-8+. The van der Waals surface area contributed by atoms with Crippen molar-refractivity contribution in [2.75, 3.05) is 0 Å². The van der Waals surface area contributed by atoms with E-state index < -0.39 is 10.1 Å². The van der Waals surface area contributed by atoms with Crippen molar-refractivity contribution in [3.05, 3.63) is 46.0 Å². The molecule has 6 heteroatoms. The first-order valence-electron chi connectivity index (χ1n) is 5.74. The molecule has 0 atom stereocenters. The van der Waals surface area contributed by atoms with E-state index in [9.17, 15) is 13.0 Å². The lowest BCUT2D eigenvalue weighted by Gasteiger charge is -2.06. The van der Waals surface area contributed by atoms with E-state index >= 15 is 0 Å². The number of rotatable bonds is 1. The van der Waals surface area contributed by atoms with Crippen molar-refractivity contribution < 1.29 is 13.0 Å². The number of benzene rings is 1. The Balaban J connectivity index is 2.47. The smallest absolute Gasteiger partial charge is 0.282 e. The van der Waals surface area contributed by atoms with Gasteiger partial charge in [0.2, 0.25) is 0 Å². The zero-order valence-electron chi connectivity index (χ0n) is 10.4. The van der Waals surface area contributed by atoms with Crippen LogP contribution in [0.3, 0.4) is 0 Å². The fourth-order valence-electron chi connectivity index (χ4n) is 2.47. The molecule has 2 N–H and O–H groups in total. The Hall–Kier alpha value is -1.92. The lowest BCUT2D eigenvalue weighted by Crippen LogP contribution is -2.02. The van der Waals surface area contributed by atoms with E-state index in [-0.39, 0.29) is 4.91 Å². The molecular formula is C13H12N2O3S. The number of H-pyrrole nitrogens is 1. The molecule has 0 fully saturated rings. The molecule has 3 rings (SSSR count). The van der Waals surface area contributed by atoms with Crippen LogP contribution in [-0.2, 0) is 10.1 Å². The quantitative estimate of drug-likeness (QED) is 0.668. The fourth-order valence-corrected chi connectivity index (χ4v) is 2.94. The molecule has 98 valence electrons. The van der Waals surface area contributed by atoms with Gasteiger partial charge in [-0.05, 0) is 19.4 Å². The monoisotopic (exact) mass is 276 g/mol. The molecule has 1 aromatic carbocycles. The number of nitrogens with zero attached hydrogens (tertiary/aromatic N) is 1.